The molecule has 15 heavy (non-hydrogen) atoms. The molecule has 0 aromatic heterocycles. The molecule has 0 amide bonds. The van der Waals surface area contributed by atoms with Gasteiger partial charge in [-0.05, 0) is 13.1 Å². The van der Waals surface area contributed by atoms with E-state index in [1.165, 1.54) is 5.56 Å². The number of rotatable bonds is 2. The minimum atomic E-state index is 0.214. The van der Waals surface area contributed by atoms with E-state index < -0.39 is 0 Å². The summed E-state index contributed by atoms with van der Waals surface area (Å²) in [6, 6.07) is 8.37. The minimum Gasteiger partial charge on any atom is -0.496 e. The molecule has 1 aromatic carbocycles. The Morgan fingerprint density at radius 2 is 2.07 bits per heavy atom. The number of likely N-dealkylation sites (N-methyl/N-ethyl adjacent to an activating group) is 1. The van der Waals surface area contributed by atoms with Gasteiger partial charge in [-0.2, -0.15) is 0 Å². The Morgan fingerprint density at radius 1 is 1.33 bits per heavy atom. The second kappa shape index (κ2) is 4.21. The Balaban J connectivity index is 2.29. The monoisotopic (exact) mass is 206 g/mol. The third kappa shape index (κ3) is 1.98. The van der Waals surface area contributed by atoms with Crippen LogP contribution in [0.1, 0.15) is 11.5 Å². The number of hydrogen-bond donors (Lipinski definition) is 1. The molecule has 2 rings (SSSR count). The zero-order valence-corrected chi connectivity index (χ0v) is 9.31. The average molecular weight is 206 g/mol. The lowest BCUT2D eigenvalue weighted by molar-refractivity contribution is 0.395. The van der Waals surface area contributed by atoms with E-state index in [4.69, 9.17) is 10.5 Å². The maximum Gasteiger partial charge on any atom is 0.122 e. The summed E-state index contributed by atoms with van der Waals surface area (Å²) in [7, 11) is 3.82. The number of ether oxygens (including phenoxy) is 1. The Kier molecular flexibility index (Phi) is 2.93. The molecular weight excluding hydrogens is 188 g/mol. The van der Waals surface area contributed by atoms with Gasteiger partial charge in [0.25, 0.3) is 0 Å². The molecule has 2 N–H and O–H groups in total. The summed E-state index contributed by atoms with van der Waals surface area (Å²) in [6.07, 6.45) is 0. The van der Waals surface area contributed by atoms with E-state index in [0.29, 0.717) is 5.92 Å². The molecule has 3 heteroatoms. The highest BCUT2D eigenvalue weighted by atomic mass is 16.5. The summed E-state index contributed by atoms with van der Waals surface area (Å²) in [4.78, 5) is 2.27. The lowest BCUT2D eigenvalue weighted by Gasteiger charge is -2.17. The van der Waals surface area contributed by atoms with Crippen molar-refractivity contribution in [2.45, 2.75) is 12.0 Å². The van der Waals surface area contributed by atoms with Gasteiger partial charge in [0, 0.05) is 30.6 Å². The predicted octanol–water partition coefficient (Wildman–Crippen LogP) is 1.05. The van der Waals surface area contributed by atoms with Gasteiger partial charge in [-0.1, -0.05) is 18.2 Å². The molecule has 1 aliphatic heterocycles. The smallest absolute Gasteiger partial charge is 0.122 e. The number of nitrogens with zero attached hydrogens (tertiary/aromatic N) is 1. The molecule has 1 aromatic rings. The Morgan fingerprint density at radius 3 is 2.67 bits per heavy atom. The first-order chi connectivity index (χ1) is 7.22. The highest BCUT2D eigenvalue weighted by Crippen LogP contribution is 2.31. The summed E-state index contributed by atoms with van der Waals surface area (Å²) in [5.74, 6) is 1.35. The van der Waals surface area contributed by atoms with Crippen molar-refractivity contribution in [3.8, 4) is 5.75 Å². The molecule has 1 aliphatic rings. The standard InChI is InChI=1S/C12H18N2O/c1-14-7-10(11(13)8-14)9-5-3-4-6-12(9)15-2/h3-6,10-11H,7-8,13H2,1-2H3/t10-,11-/m0/s1. The van der Waals surface area contributed by atoms with Gasteiger partial charge in [0.2, 0.25) is 0 Å². The predicted molar refractivity (Wildman–Crippen MR) is 61.2 cm³/mol. The normalized spacial score (nSPS) is 26.9. The topological polar surface area (TPSA) is 38.5 Å². The van der Waals surface area contributed by atoms with Crippen LogP contribution in [-0.4, -0.2) is 38.2 Å². The van der Waals surface area contributed by atoms with Crippen molar-refractivity contribution in [1.29, 1.82) is 0 Å². The van der Waals surface area contributed by atoms with Crippen LogP contribution in [0.4, 0.5) is 0 Å². The van der Waals surface area contributed by atoms with Crippen LogP contribution in [0.5, 0.6) is 5.75 Å². The molecule has 82 valence electrons. The lowest BCUT2D eigenvalue weighted by Crippen LogP contribution is -2.28. The number of benzene rings is 1. The Labute approximate surface area is 90.8 Å². The molecule has 2 atom stereocenters. The first-order valence-corrected chi connectivity index (χ1v) is 5.29. The lowest BCUT2D eigenvalue weighted by atomic mass is 9.94. The number of hydrogen-bond acceptors (Lipinski definition) is 3. The van der Waals surface area contributed by atoms with Crippen LogP contribution < -0.4 is 10.5 Å². The minimum absolute atomic E-state index is 0.214. The molecule has 0 saturated carbocycles. The highest BCUT2D eigenvalue weighted by Gasteiger charge is 2.30. The van der Waals surface area contributed by atoms with Crippen LogP contribution in [0.2, 0.25) is 0 Å². The number of para-hydroxylation sites is 1. The van der Waals surface area contributed by atoms with Crippen molar-refractivity contribution in [3.63, 3.8) is 0 Å². The summed E-state index contributed by atoms with van der Waals surface area (Å²) < 4.78 is 5.37. The fourth-order valence-corrected chi connectivity index (χ4v) is 2.33. The van der Waals surface area contributed by atoms with Gasteiger partial charge in [-0.15, -0.1) is 0 Å². The largest absolute Gasteiger partial charge is 0.496 e. The molecular formula is C12H18N2O. The van der Waals surface area contributed by atoms with Gasteiger partial charge in [0.15, 0.2) is 0 Å². The second-order valence-corrected chi connectivity index (χ2v) is 4.23. The highest BCUT2D eigenvalue weighted by molar-refractivity contribution is 5.38. The van der Waals surface area contributed by atoms with E-state index in [1.54, 1.807) is 7.11 Å². The maximum absolute atomic E-state index is 6.13. The molecule has 1 fully saturated rings. The zero-order valence-electron chi connectivity index (χ0n) is 9.31. The van der Waals surface area contributed by atoms with E-state index in [0.717, 1.165) is 18.8 Å². The van der Waals surface area contributed by atoms with Gasteiger partial charge >= 0.3 is 0 Å². The quantitative estimate of drug-likeness (QED) is 0.786. The van der Waals surface area contributed by atoms with Gasteiger partial charge in [0.05, 0.1) is 7.11 Å². The summed E-state index contributed by atoms with van der Waals surface area (Å²) in [5.41, 5.74) is 7.36. The number of methoxy groups -OCH3 is 1. The van der Waals surface area contributed by atoms with E-state index >= 15 is 0 Å². The molecule has 0 aliphatic carbocycles. The van der Waals surface area contributed by atoms with Gasteiger partial charge in [0.1, 0.15) is 5.75 Å². The van der Waals surface area contributed by atoms with Crippen LogP contribution in [-0.2, 0) is 0 Å². The summed E-state index contributed by atoms with van der Waals surface area (Å²) >= 11 is 0. The first kappa shape index (κ1) is 10.5. The molecule has 0 radical (unpaired) electrons. The van der Waals surface area contributed by atoms with E-state index in [2.05, 4.69) is 18.0 Å². The average Bonchev–Trinajstić information content (AvgIpc) is 2.57. The second-order valence-electron chi connectivity index (χ2n) is 4.23. The van der Waals surface area contributed by atoms with Crippen molar-refractivity contribution >= 4 is 0 Å². The van der Waals surface area contributed by atoms with Crippen molar-refractivity contribution in [2.75, 3.05) is 27.2 Å². The van der Waals surface area contributed by atoms with E-state index in [9.17, 15) is 0 Å². The molecule has 1 saturated heterocycles. The van der Waals surface area contributed by atoms with Crippen molar-refractivity contribution in [2.24, 2.45) is 5.73 Å². The fraction of sp³-hybridized carbons (Fsp3) is 0.500. The van der Waals surface area contributed by atoms with Crippen LogP contribution in [0, 0.1) is 0 Å². The van der Waals surface area contributed by atoms with Crippen molar-refractivity contribution < 1.29 is 4.74 Å². The third-order valence-electron chi connectivity index (χ3n) is 3.09. The van der Waals surface area contributed by atoms with Gasteiger partial charge in [-0.25, -0.2) is 0 Å². The number of likely N-dealkylation sites (tertiary alicyclic amines) is 1. The van der Waals surface area contributed by atoms with Crippen LogP contribution in [0.3, 0.4) is 0 Å². The molecule has 0 spiro atoms. The summed E-state index contributed by atoms with van der Waals surface area (Å²) in [5, 5.41) is 0. The molecule has 0 bridgehead atoms. The van der Waals surface area contributed by atoms with Crippen molar-refractivity contribution in [3.05, 3.63) is 29.8 Å². The maximum atomic E-state index is 6.13. The molecule has 1 heterocycles. The molecule has 0 unspecified atom stereocenters. The fourth-order valence-electron chi connectivity index (χ4n) is 2.33. The van der Waals surface area contributed by atoms with Gasteiger partial charge in [-0.3, -0.25) is 0 Å². The van der Waals surface area contributed by atoms with Crippen LogP contribution in [0.25, 0.3) is 0 Å². The Bertz CT molecular complexity index is 340. The Hall–Kier alpha value is -1.06. The zero-order chi connectivity index (χ0) is 10.8. The molecule has 3 nitrogen and oxygen atoms in total. The number of nitrogens with two attached hydrogens (primary N) is 1. The van der Waals surface area contributed by atoms with Crippen LogP contribution in [0.15, 0.2) is 24.3 Å². The third-order valence-corrected chi connectivity index (χ3v) is 3.09. The van der Waals surface area contributed by atoms with E-state index in [1.807, 2.05) is 18.2 Å². The summed E-state index contributed by atoms with van der Waals surface area (Å²) in [6.45, 7) is 1.98. The van der Waals surface area contributed by atoms with Crippen molar-refractivity contribution in [1.82, 2.24) is 4.90 Å². The SMILES string of the molecule is COc1ccccc1[C@@H]1CN(C)C[C@@H]1N. The van der Waals surface area contributed by atoms with E-state index in [-0.39, 0.29) is 6.04 Å². The first-order valence-electron chi connectivity index (χ1n) is 5.29. The van der Waals surface area contributed by atoms with Crippen LogP contribution >= 0.6 is 0 Å². The van der Waals surface area contributed by atoms with Gasteiger partial charge < -0.3 is 15.4 Å².